The molecule has 0 spiro atoms. The Bertz CT molecular complexity index is 1040. The minimum absolute atomic E-state index is 0. The van der Waals surface area contributed by atoms with Gasteiger partial charge in [-0.25, -0.2) is 0 Å². The van der Waals surface area contributed by atoms with Gasteiger partial charge >= 0.3 is 0 Å². The van der Waals surface area contributed by atoms with Crippen molar-refractivity contribution in [1.29, 1.82) is 0 Å². The average Bonchev–Trinajstić information content (AvgIpc) is 3.01. The van der Waals surface area contributed by atoms with E-state index in [-0.39, 0.29) is 32.6 Å². The van der Waals surface area contributed by atoms with Crippen LogP contribution in [-0.4, -0.2) is 10.2 Å². The predicted molar refractivity (Wildman–Crippen MR) is 107 cm³/mol. The Balaban J connectivity index is 0.00000192. The van der Waals surface area contributed by atoms with Gasteiger partial charge in [0.05, 0.1) is 5.41 Å². The molecule has 0 amide bonds. The van der Waals surface area contributed by atoms with Crippen LogP contribution in [-0.2, 0) is 26.5 Å². The Morgan fingerprint density at radius 1 is 0.464 bits per heavy atom. The molecule has 3 heteroatoms. The topological polar surface area (TPSA) is 40.5 Å². The fourth-order valence-corrected chi connectivity index (χ4v) is 4.45. The molecule has 2 N–H and O–H groups in total. The van der Waals surface area contributed by atoms with Crippen molar-refractivity contribution in [3.63, 3.8) is 0 Å². The van der Waals surface area contributed by atoms with Crippen LogP contribution < -0.4 is 0 Å². The molecule has 0 bridgehead atoms. The first-order valence-electron chi connectivity index (χ1n) is 8.99. The van der Waals surface area contributed by atoms with Crippen molar-refractivity contribution < 1.29 is 31.3 Å². The summed E-state index contributed by atoms with van der Waals surface area (Å²) in [6.07, 6.45) is 0. The zero-order valence-electron chi connectivity index (χ0n) is 15.0. The van der Waals surface area contributed by atoms with Crippen molar-refractivity contribution in [2.24, 2.45) is 0 Å². The second kappa shape index (κ2) is 6.96. The smallest absolute Gasteiger partial charge is 0.115 e. The number of benzene rings is 4. The Kier molecular flexibility index (Phi) is 4.61. The van der Waals surface area contributed by atoms with Gasteiger partial charge in [0.2, 0.25) is 0 Å². The Morgan fingerprint density at radius 2 is 0.821 bits per heavy atom. The Labute approximate surface area is 178 Å². The van der Waals surface area contributed by atoms with Crippen LogP contribution in [0.3, 0.4) is 0 Å². The van der Waals surface area contributed by atoms with Gasteiger partial charge in [-0.15, -0.1) is 0 Å². The molecule has 0 radical (unpaired) electrons. The van der Waals surface area contributed by atoms with Crippen molar-refractivity contribution in [3.05, 3.63) is 119 Å². The van der Waals surface area contributed by atoms with Gasteiger partial charge in [-0.05, 0) is 57.6 Å². The van der Waals surface area contributed by atoms with Crippen molar-refractivity contribution in [3.8, 4) is 22.6 Å². The van der Waals surface area contributed by atoms with Gasteiger partial charge in [-0.1, -0.05) is 72.8 Å². The molecular weight excluding hydrogens is 516 g/mol. The molecule has 1 aliphatic rings. The van der Waals surface area contributed by atoms with E-state index in [1.807, 2.05) is 24.3 Å². The summed E-state index contributed by atoms with van der Waals surface area (Å²) in [7, 11) is 0. The van der Waals surface area contributed by atoms with Gasteiger partial charge in [-0.2, -0.15) is 0 Å². The molecule has 2 nitrogen and oxygen atoms in total. The van der Waals surface area contributed by atoms with Gasteiger partial charge in [0.1, 0.15) is 11.5 Å². The van der Waals surface area contributed by atoms with E-state index in [0.717, 1.165) is 11.1 Å². The molecule has 28 heavy (non-hydrogen) atoms. The maximum absolute atomic E-state index is 9.85. The maximum Gasteiger partial charge on any atom is 0.115 e. The second-order valence-corrected chi connectivity index (χ2v) is 6.93. The van der Waals surface area contributed by atoms with Crippen LogP contribution in [0.5, 0.6) is 11.5 Å². The zero-order chi connectivity index (χ0) is 18.4. The monoisotopic (exact) mass is 534 g/mol. The molecule has 4 aromatic carbocycles. The summed E-state index contributed by atoms with van der Waals surface area (Å²) >= 11 is 0. The molecule has 0 saturated carbocycles. The fraction of sp³-hybridized carbons (Fsp3) is 0.0400. The number of hydrogen-bond acceptors (Lipinski definition) is 2. The van der Waals surface area contributed by atoms with Crippen LogP contribution in [0.4, 0.5) is 0 Å². The second-order valence-electron chi connectivity index (χ2n) is 6.93. The van der Waals surface area contributed by atoms with Crippen LogP contribution in [0.2, 0.25) is 0 Å². The summed E-state index contributed by atoms with van der Waals surface area (Å²) in [5.74, 6) is 0.498. The standard InChI is InChI=1S/C25H18O2.W/c26-19-13-9-17(10-14-19)25(18-11-15-20(27)16-12-18)23-7-3-1-5-21(23)22-6-2-4-8-24(22)25;/h1-16,26-27H;. The van der Waals surface area contributed by atoms with Crippen molar-refractivity contribution in [2.45, 2.75) is 5.41 Å². The number of aromatic hydroxyl groups is 2. The Morgan fingerprint density at radius 3 is 1.21 bits per heavy atom. The van der Waals surface area contributed by atoms with Crippen molar-refractivity contribution >= 4 is 0 Å². The van der Waals surface area contributed by atoms with Crippen molar-refractivity contribution in [2.75, 3.05) is 0 Å². The quantitative estimate of drug-likeness (QED) is 0.316. The molecule has 4 aromatic rings. The third-order valence-corrected chi connectivity index (χ3v) is 5.55. The zero-order valence-corrected chi connectivity index (χ0v) is 18.0. The van der Waals surface area contributed by atoms with Crippen LogP contribution in [0.15, 0.2) is 97.1 Å². The first-order chi connectivity index (χ1) is 13.2. The molecular formula is C25H18O2W. The SMILES string of the molecule is Oc1ccc(C2(c3ccc(O)cc3)c3ccccc3-c3ccccc32)cc1.[W]. The number of rotatable bonds is 2. The number of phenolic OH excluding ortho intramolecular Hbond substituents is 2. The van der Waals surface area contributed by atoms with E-state index < -0.39 is 5.41 Å². The summed E-state index contributed by atoms with van der Waals surface area (Å²) in [6, 6.07) is 31.9. The first kappa shape index (κ1) is 18.5. The number of hydrogen-bond donors (Lipinski definition) is 2. The summed E-state index contributed by atoms with van der Waals surface area (Å²) in [4.78, 5) is 0. The number of fused-ring (bicyclic) bond motifs is 3. The van der Waals surface area contributed by atoms with Gasteiger partial charge in [0.15, 0.2) is 0 Å². The molecule has 136 valence electrons. The van der Waals surface area contributed by atoms with E-state index in [0.29, 0.717) is 0 Å². The maximum atomic E-state index is 9.85. The van der Waals surface area contributed by atoms with Crippen LogP contribution in [0, 0.1) is 0 Å². The summed E-state index contributed by atoms with van der Waals surface area (Å²) < 4.78 is 0. The average molecular weight is 534 g/mol. The van der Waals surface area contributed by atoms with Gasteiger partial charge in [0, 0.05) is 21.1 Å². The predicted octanol–water partition coefficient (Wildman–Crippen LogP) is 5.46. The summed E-state index contributed by atoms with van der Waals surface area (Å²) in [6.45, 7) is 0. The largest absolute Gasteiger partial charge is 0.508 e. The van der Waals surface area contributed by atoms with Crippen LogP contribution >= 0.6 is 0 Å². The molecule has 0 aliphatic heterocycles. The molecule has 0 heterocycles. The molecule has 0 aromatic heterocycles. The minimum Gasteiger partial charge on any atom is -0.508 e. The molecule has 0 unspecified atom stereocenters. The van der Waals surface area contributed by atoms with E-state index in [9.17, 15) is 10.2 Å². The van der Waals surface area contributed by atoms with E-state index in [1.54, 1.807) is 24.3 Å². The Hall–Kier alpha value is -2.83. The molecule has 0 fully saturated rings. The van der Waals surface area contributed by atoms with Gasteiger partial charge in [-0.3, -0.25) is 0 Å². The third kappa shape index (κ3) is 2.52. The molecule has 0 atom stereocenters. The fourth-order valence-electron chi connectivity index (χ4n) is 4.45. The van der Waals surface area contributed by atoms with Gasteiger partial charge in [0.25, 0.3) is 0 Å². The van der Waals surface area contributed by atoms with E-state index in [2.05, 4.69) is 48.5 Å². The van der Waals surface area contributed by atoms with Crippen molar-refractivity contribution in [1.82, 2.24) is 0 Å². The minimum atomic E-state index is -0.491. The molecule has 0 saturated heterocycles. The molecule has 5 rings (SSSR count). The van der Waals surface area contributed by atoms with Crippen LogP contribution in [0.1, 0.15) is 22.3 Å². The van der Waals surface area contributed by atoms with Crippen LogP contribution in [0.25, 0.3) is 11.1 Å². The van der Waals surface area contributed by atoms with E-state index in [1.165, 1.54) is 22.3 Å². The number of phenols is 2. The van der Waals surface area contributed by atoms with Gasteiger partial charge < -0.3 is 10.2 Å². The normalized spacial score (nSPS) is 13.3. The molecule has 1 aliphatic carbocycles. The third-order valence-electron chi connectivity index (χ3n) is 5.55. The summed E-state index contributed by atoms with van der Waals surface area (Å²) in [5.41, 5.74) is 6.54. The first-order valence-corrected chi connectivity index (χ1v) is 8.99. The van der Waals surface area contributed by atoms with E-state index >= 15 is 0 Å². The summed E-state index contributed by atoms with van der Waals surface area (Å²) in [5, 5.41) is 19.7. The van der Waals surface area contributed by atoms with E-state index in [4.69, 9.17) is 0 Å².